The molecule has 2 rings (SSSR count). The van der Waals surface area contributed by atoms with Gasteiger partial charge in [0.1, 0.15) is 0 Å². The Morgan fingerprint density at radius 3 is 2.53 bits per heavy atom. The van der Waals surface area contributed by atoms with Gasteiger partial charge in [-0.1, -0.05) is 49.6 Å². The Morgan fingerprint density at radius 2 is 1.89 bits per heavy atom. The Labute approximate surface area is 114 Å². The molecule has 1 aromatic rings. The lowest BCUT2D eigenvalue weighted by Crippen LogP contribution is -2.44. The number of hydrogen-bond acceptors (Lipinski definition) is 2. The number of carbonyl (C=O) groups is 1. The number of rotatable bonds is 4. The van der Waals surface area contributed by atoms with Gasteiger partial charge < -0.3 is 15.7 Å². The molecule has 1 fully saturated rings. The highest BCUT2D eigenvalue weighted by Gasteiger charge is 2.18. The number of aliphatic hydroxyl groups excluding tert-OH is 1. The first kappa shape index (κ1) is 13.9. The van der Waals surface area contributed by atoms with E-state index in [-0.39, 0.29) is 24.7 Å². The van der Waals surface area contributed by atoms with Gasteiger partial charge in [-0.05, 0) is 18.4 Å². The van der Waals surface area contributed by atoms with Crippen LogP contribution in [0.2, 0.25) is 0 Å². The molecule has 4 heteroatoms. The molecule has 3 N–H and O–H groups in total. The molecule has 2 amide bonds. The van der Waals surface area contributed by atoms with Crippen molar-refractivity contribution in [2.75, 3.05) is 6.61 Å². The number of carbonyl (C=O) groups excluding carboxylic acids is 1. The second-order valence-electron chi connectivity index (χ2n) is 5.10. The van der Waals surface area contributed by atoms with Crippen LogP contribution in [0.1, 0.15) is 43.7 Å². The summed E-state index contributed by atoms with van der Waals surface area (Å²) in [6, 6.07) is 9.28. The lowest BCUT2D eigenvalue weighted by Gasteiger charge is -2.24. The molecule has 0 saturated heterocycles. The standard InChI is InChI=1S/C15H22N2O2/c18-11-14(12-7-3-1-4-8-12)17-15(19)16-13-9-5-2-6-10-13/h1,3-4,7-8,13-14,18H,2,5-6,9-11H2,(H2,16,17,19)/t14-/m0/s1. The molecule has 1 saturated carbocycles. The fourth-order valence-electron chi connectivity index (χ4n) is 2.55. The van der Waals surface area contributed by atoms with Gasteiger partial charge in [0.15, 0.2) is 0 Å². The van der Waals surface area contributed by atoms with Gasteiger partial charge in [-0.15, -0.1) is 0 Å². The summed E-state index contributed by atoms with van der Waals surface area (Å²) in [5, 5.41) is 15.2. The second-order valence-corrected chi connectivity index (χ2v) is 5.10. The number of benzene rings is 1. The highest BCUT2D eigenvalue weighted by Crippen LogP contribution is 2.17. The van der Waals surface area contributed by atoms with Crippen molar-refractivity contribution in [3.05, 3.63) is 35.9 Å². The molecule has 0 spiro atoms. The summed E-state index contributed by atoms with van der Waals surface area (Å²) in [7, 11) is 0. The summed E-state index contributed by atoms with van der Waals surface area (Å²) in [6.07, 6.45) is 5.76. The molecule has 0 radical (unpaired) electrons. The largest absolute Gasteiger partial charge is 0.394 e. The molecule has 0 bridgehead atoms. The summed E-state index contributed by atoms with van der Waals surface area (Å²) in [5.74, 6) is 0. The molecule has 4 nitrogen and oxygen atoms in total. The molecule has 1 aliphatic carbocycles. The lowest BCUT2D eigenvalue weighted by molar-refractivity contribution is 0.211. The van der Waals surface area contributed by atoms with Crippen LogP contribution in [0.15, 0.2) is 30.3 Å². The first-order valence-electron chi connectivity index (χ1n) is 7.02. The summed E-state index contributed by atoms with van der Waals surface area (Å²) < 4.78 is 0. The number of aliphatic hydroxyl groups is 1. The van der Waals surface area contributed by atoms with Gasteiger partial charge in [0.2, 0.25) is 0 Å². The zero-order valence-electron chi connectivity index (χ0n) is 11.1. The minimum absolute atomic E-state index is 0.0951. The van der Waals surface area contributed by atoms with E-state index >= 15 is 0 Å². The van der Waals surface area contributed by atoms with E-state index in [4.69, 9.17) is 0 Å². The van der Waals surface area contributed by atoms with Crippen LogP contribution in [0.3, 0.4) is 0 Å². The fraction of sp³-hybridized carbons (Fsp3) is 0.533. The molecule has 1 aliphatic rings. The average molecular weight is 262 g/mol. The quantitative estimate of drug-likeness (QED) is 0.780. The van der Waals surface area contributed by atoms with Crippen LogP contribution in [0.5, 0.6) is 0 Å². The van der Waals surface area contributed by atoms with Gasteiger partial charge in [-0.3, -0.25) is 0 Å². The Balaban J connectivity index is 1.85. The lowest BCUT2D eigenvalue weighted by atomic mass is 9.96. The van der Waals surface area contributed by atoms with E-state index in [1.807, 2.05) is 30.3 Å². The minimum Gasteiger partial charge on any atom is -0.394 e. The Bertz CT molecular complexity index is 388. The van der Waals surface area contributed by atoms with Gasteiger partial charge in [-0.25, -0.2) is 4.79 Å². The van der Waals surface area contributed by atoms with Crippen molar-refractivity contribution in [2.45, 2.75) is 44.2 Å². The topological polar surface area (TPSA) is 61.4 Å². The van der Waals surface area contributed by atoms with Gasteiger partial charge in [0, 0.05) is 6.04 Å². The van der Waals surface area contributed by atoms with Crippen molar-refractivity contribution in [1.82, 2.24) is 10.6 Å². The van der Waals surface area contributed by atoms with E-state index in [1.165, 1.54) is 19.3 Å². The number of urea groups is 1. The minimum atomic E-state index is -0.343. The highest BCUT2D eigenvalue weighted by molar-refractivity contribution is 5.74. The van der Waals surface area contributed by atoms with E-state index in [2.05, 4.69) is 10.6 Å². The highest BCUT2D eigenvalue weighted by atomic mass is 16.3. The summed E-state index contributed by atoms with van der Waals surface area (Å²) in [6.45, 7) is -0.0951. The van der Waals surface area contributed by atoms with E-state index in [0.29, 0.717) is 0 Å². The smallest absolute Gasteiger partial charge is 0.315 e. The molecule has 104 valence electrons. The molecule has 1 aromatic carbocycles. The molecule has 1 atom stereocenters. The molecule has 0 unspecified atom stereocenters. The third kappa shape index (κ3) is 4.24. The molecule has 0 heterocycles. The first-order chi connectivity index (χ1) is 9.29. The summed E-state index contributed by atoms with van der Waals surface area (Å²) in [5.41, 5.74) is 0.920. The van der Waals surface area contributed by atoms with Crippen LogP contribution in [-0.4, -0.2) is 23.8 Å². The number of nitrogens with one attached hydrogen (secondary N) is 2. The van der Waals surface area contributed by atoms with E-state index in [9.17, 15) is 9.90 Å². The van der Waals surface area contributed by atoms with E-state index in [0.717, 1.165) is 18.4 Å². The maximum Gasteiger partial charge on any atom is 0.315 e. The second kappa shape index (κ2) is 7.14. The van der Waals surface area contributed by atoms with E-state index in [1.54, 1.807) is 0 Å². The van der Waals surface area contributed by atoms with Crippen LogP contribution in [-0.2, 0) is 0 Å². The zero-order chi connectivity index (χ0) is 13.5. The van der Waals surface area contributed by atoms with Gasteiger partial charge >= 0.3 is 6.03 Å². The Morgan fingerprint density at radius 1 is 1.21 bits per heavy atom. The van der Waals surface area contributed by atoms with Crippen molar-refractivity contribution < 1.29 is 9.90 Å². The van der Waals surface area contributed by atoms with Crippen molar-refractivity contribution in [3.8, 4) is 0 Å². The van der Waals surface area contributed by atoms with Crippen LogP contribution >= 0.6 is 0 Å². The molecule has 0 aliphatic heterocycles. The van der Waals surface area contributed by atoms with Crippen LogP contribution in [0.25, 0.3) is 0 Å². The van der Waals surface area contributed by atoms with Crippen LogP contribution in [0.4, 0.5) is 4.79 Å². The first-order valence-corrected chi connectivity index (χ1v) is 7.02. The average Bonchev–Trinajstić information content (AvgIpc) is 2.47. The zero-order valence-corrected chi connectivity index (χ0v) is 11.1. The molecular weight excluding hydrogens is 240 g/mol. The SMILES string of the molecule is O=C(NC1CCCCC1)N[C@@H](CO)c1ccccc1. The maximum atomic E-state index is 11.9. The van der Waals surface area contributed by atoms with Gasteiger partial charge in [0.25, 0.3) is 0 Å². The number of amides is 2. The van der Waals surface area contributed by atoms with Crippen molar-refractivity contribution in [1.29, 1.82) is 0 Å². The third-order valence-corrected chi connectivity index (χ3v) is 3.63. The maximum absolute atomic E-state index is 11.9. The molecular formula is C15H22N2O2. The van der Waals surface area contributed by atoms with Crippen molar-refractivity contribution >= 4 is 6.03 Å². The van der Waals surface area contributed by atoms with Crippen molar-refractivity contribution in [3.63, 3.8) is 0 Å². The molecule has 0 aromatic heterocycles. The molecule has 19 heavy (non-hydrogen) atoms. The predicted octanol–water partition coefficient (Wildman–Crippen LogP) is 2.35. The predicted molar refractivity (Wildman–Crippen MR) is 74.8 cm³/mol. The third-order valence-electron chi connectivity index (χ3n) is 3.63. The van der Waals surface area contributed by atoms with Gasteiger partial charge in [0.05, 0.1) is 12.6 Å². The number of hydrogen-bond donors (Lipinski definition) is 3. The fourth-order valence-corrected chi connectivity index (χ4v) is 2.55. The van der Waals surface area contributed by atoms with Gasteiger partial charge in [-0.2, -0.15) is 0 Å². The van der Waals surface area contributed by atoms with Crippen molar-refractivity contribution in [2.24, 2.45) is 0 Å². The Hall–Kier alpha value is -1.55. The summed E-state index contributed by atoms with van der Waals surface area (Å²) >= 11 is 0. The summed E-state index contributed by atoms with van der Waals surface area (Å²) in [4.78, 5) is 11.9. The van der Waals surface area contributed by atoms with E-state index < -0.39 is 0 Å². The Kier molecular flexibility index (Phi) is 5.21. The van der Waals surface area contributed by atoms with Crippen LogP contribution in [0, 0.1) is 0 Å². The van der Waals surface area contributed by atoms with Crippen LogP contribution < -0.4 is 10.6 Å². The normalized spacial score (nSPS) is 17.7. The monoisotopic (exact) mass is 262 g/mol.